The van der Waals surface area contributed by atoms with Gasteiger partial charge in [0.25, 0.3) is 0 Å². The summed E-state index contributed by atoms with van der Waals surface area (Å²) in [5, 5.41) is 0. The highest BCUT2D eigenvalue weighted by Crippen LogP contribution is 2.24. The molecular weight excluding hydrogens is 294 g/mol. The molecule has 2 atom stereocenters. The van der Waals surface area contributed by atoms with Gasteiger partial charge in [-0.3, -0.25) is 4.21 Å². The molecule has 0 aliphatic heterocycles. The van der Waals surface area contributed by atoms with Crippen LogP contribution in [0, 0.1) is 0 Å². The summed E-state index contributed by atoms with van der Waals surface area (Å²) in [7, 11) is 0. The van der Waals surface area contributed by atoms with Crippen molar-refractivity contribution in [3.05, 3.63) is 29.8 Å². The van der Waals surface area contributed by atoms with E-state index in [2.05, 4.69) is 0 Å². The van der Waals surface area contributed by atoms with E-state index in [0.29, 0.717) is 5.56 Å². The minimum Gasteiger partial charge on any atom is -0.768 e. The molecule has 0 aromatic heterocycles. The van der Waals surface area contributed by atoms with Gasteiger partial charge in [-0.25, -0.2) is 4.39 Å². The third-order valence-corrected chi connectivity index (χ3v) is 2.70. The van der Waals surface area contributed by atoms with Gasteiger partial charge in [-0.05, 0) is 51.4 Å². The van der Waals surface area contributed by atoms with Crippen LogP contribution in [0.3, 0.4) is 0 Å². The maximum Gasteiger partial charge on any atom is 0.176 e. The fraction of sp³-hybridized carbons (Fsp3) is 0.143. The molecule has 0 amide bonds. The summed E-state index contributed by atoms with van der Waals surface area (Å²) in [6, 6.07) is 5.68. The third kappa shape index (κ3) is 2.49. The Kier molecular flexibility index (Phi) is 3.60. The lowest BCUT2D eigenvalue weighted by atomic mass is 10.2. The van der Waals surface area contributed by atoms with Gasteiger partial charge in [0.15, 0.2) is 4.18 Å². The molecule has 0 fully saturated rings. The quantitative estimate of drug-likeness (QED) is 0.478. The zero-order valence-corrected chi connectivity index (χ0v) is 8.84. The molecule has 0 bridgehead atoms. The average Bonchev–Trinajstić information content (AvgIpc) is 2.04. The molecule has 0 saturated carbocycles. The van der Waals surface area contributed by atoms with Crippen LogP contribution in [-0.2, 0) is 11.1 Å². The Balaban J connectivity index is 2.93. The minimum absolute atomic E-state index is 0.177. The Morgan fingerprint density at radius 1 is 1.42 bits per heavy atom. The van der Waals surface area contributed by atoms with Gasteiger partial charge in [-0.1, -0.05) is 12.1 Å². The van der Waals surface area contributed by atoms with Crippen LogP contribution in [0.2, 0.25) is 0 Å². The number of halogens is 2. The van der Waals surface area contributed by atoms with Crippen molar-refractivity contribution in [1.82, 2.24) is 0 Å². The highest BCUT2D eigenvalue weighted by molar-refractivity contribution is 14.1. The molecule has 0 aliphatic rings. The Hall–Kier alpha value is -0.0100. The molecule has 2 nitrogen and oxygen atoms in total. The van der Waals surface area contributed by atoms with Gasteiger partial charge < -0.3 is 4.55 Å². The number of rotatable bonds is 2. The van der Waals surface area contributed by atoms with E-state index in [1.165, 1.54) is 24.3 Å². The van der Waals surface area contributed by atoms with E-state index in [1.54, 1.807) is 22.6 Å². The molecule has 5 heteroatoms. The van der Waals surface area contributed by atoms with Gasteiger partial charge in [-0.15, -0.1) is 0 Å². The normalized spacial score (nSPS) is 15.6. The van der Waals surface area contributed by atoms with E-state index in [0.717, 1.165) is 0 Å². The fourth-order valence-corrected chi connectivity index (χ4v) is 1.50. The third-order valence-electron chi connectivity index (χ3n) is 1.32. The van der Waals surface area contributed by atoms with Gasteiger partial charge in [0.05, 0.1) is 0 Å². The van der Waals surface area contributed by atoms with E-state index in [-0.39, 0.29) is 4.90 Å². The second-order valence-electron chi connectivity index (χ2n) is 2.10. The first-order valence-corrected chi connectivity index (χ1v) is 5.40. The minimum atomic E-state index is -2.23. The lowest BCUT2D eigenvalue weighted by Crippen LogP contribution is -1.89. The zero-order valence-electron chi connectivity index (χ0n) is 5.87. The molecule has 0 spiro atoms. The SMILES string of the molecule is O=S([O-])c1ccc(C(F)I)cc1. The summed E-state index contributed by atoms with van der Waals surface area (Å²) in [6.45, 7) is 0. The van der Waals surface area contributed by atoms with Crippen molar-refractivity contribution in [2.24, 2.45) is 0 Å². The summed E-state index contributed by atoms with van der Waals surface area (Å²) >= 11 is -0.609. The molecule has 0 radical (unpaired) electrons. The molecule has 2 unspecified atom stereocenters. The first-order valence-electron chi connectivity index (χ1n) is 3.08. The molecule has 0 N–H and O–H groups in total. The van der Waals surface area contributed by atoms with Crippen molar-refractivity contribution >= 4 is 33.7 Å². The van der Waals surface area contributed by atoms with E-state index < -0.39 is 15.3 Å². The number of hydrogen-bond acceptors (Lipinski definition) is 2. The summed E-state index contributed by atoms with van der Waals surface area (Å²) in [6.07, 6.45) is 0. The number of hydrogen-bond donors (Lipinski definition) is 0. The second-order valence-corrected chi connectivity index (χ2v) is 4.14. The van der Waals surface area contributed by atoms with Crippen LogP contribution >= 0.6 is 22.6 Å². The van der Waals surface area contributed by atoms with Crippen LogP contribution in [-0.4, -0.2) is 8.76 Å². The Morgan fingerprint density at radius 2 is 1.92 bits per heavy atom. The van der Waals surface area contributed by atoms with E-state index in [4.69, 9.17) is 0 Å². The monoisotopic (exact) mass is 299 g/mol. The Morgan fingerprint density at radius 3 is 2.25 bits per heavy atom. The molecule has 12 heavy (non-hydrogen) atoms. The lowest BCUT2D eigenvalue weighted by Gasteiger charge is -2.05. The fourth-order valence-electron chi connectivity index (χ4n) is 0.724. The molecule has 0 saturated heterocycles. The molecule has 1 aromatic carbocycles. The van der Waals surface area contributed by atoms with Crippen LogP contribution in [0.1, 0.15) is 9.74 Å². The topological polar surface area (TPSA) is 40.1 Å². The standard InChI is InChI=1S/C7H6FIO2S/c8-7(9)5-1-3-6(4-2-5)12(10)11/h1-4,7H,(H,10,11)/p-1. The summed E-state index contributed by atoms with van der Waals surface area (Å²) < 4.78 is 32.3. The molecule has 66 valence electrons. The van der Waals surface area contributed by atoms with E-state index in [1.807, 2.05) is 0 Å². The number of alkyl halides is 2. The van der Waals surface area contributed by atoms with Gasteiger partial charge >= 0.3 is 0 Å². The Bertz CT molecular complexity index is 286. The van der Waals surface area contributed by atoms with Crippen LogP contribution < -0.4 is 0 Å². The lowest BCUT2D eigenvalue weighted by molar-refractivity contribution is 0.490. The highest BCUT2D eigenvalue weighted by Gasteiger charge is 2.03. The van der Waals surface area contributed by atoms with E-state index >= 15 is 0 Å². The summed E-state index contributed by atoms with van der Waals surface area (Å²) in [5.41, 5.74) is 0.477. The van der Waals surface area contributed by atoms with Gasteiger partial charge in [0.2, 0.25) is 0 Å². The van der Waals surface area contributed by atoms with Crippen molar-refractivity contribution in [2.45, 2.75) is 9.07 Å². The van der Waals surface area contributed by atoms with Gasteiger partial charge in [0, 0.05) is 4.90 Å². The summed E-state index contributed by atoms with van der Waals surface area (Å²) in [4.78, 5) is 0.177. The number of benzene rings is 1. The smallest absolute Gasteiger partial charge is 0.176 e. The van der Waals surface area contributed by atoms with Crippen molar-refractivity contribution in [2.75, 3.05) is 0 Å². The first-order chi connectivity index (χ1) is 5.61. The summed E-state index contributed by atoms with van der Waals surface area (Å²) in [5.74, 6) is 0. The van der Waals surface area contributed by atoms with Crippen LogP contribution in [0.15, 0.2) is 29.2 Å². The van der Waals surface area contributed by atoms with Gasteiger partial charge in [0.1, 0.15) is 0 Å². The van der Waals surface area contributed by atoms with Crippen LogP contribution in [0.4, 0.5) is 4.39 Å². The zero-order chi connectivity index (χ0) is 9.14. The molecule has 1 aromatic rings. The molecule has 1 rings (SSSR count). The van der Waals surface area contributed by atoms with Crippen molar-refractivity contribution in [1.29, 1.82) is 0 Å². The largest absolute Gasteiger partial charge is 0.768 e. The van der Waals surface area contributed by atoms with Crippen molar-refractivity contribution in [3.63, 3.8) is 0 Å². The maximum absolute atomic E-state index is 12.6. The Labute approximate surface area is 85.6 Å². The van der Waals surface area contributed by atoms with E-state index in [9.17, 15) is 13.2 Å². The predicted molar refractivity (Wildman–Crippen MR) is 51.5 cm³/mol. The predicted octanol–water partition coefficient (Wildman–Crippen LogP) is 2.33. The average molecular weight is 299 g/mol. The van der Waals surface area contributed by atoms with Crippen LogP contribution in [0.5, 0.6) is 0 Å². The van der Waals surface area contributed by atoms with Crippen molar-refractivity contribution in [3.8, 4) is 0 Å². The van der Waals surface area contributed by atoms with Crippen LogP contribution in [0.25, 0.3) is 0 Å². The molecular formula is C7H5FIO2S-. The highest BCUT2D eigenvalue weighted by atomic mass is 127. The van der Waals surface area contributed by atoms with Gasteiger partial charge in [-0.2, -0.15) is 0 Å². The molecule has 0 heterocycles. The first kappa shape index (κ1) is 10.1. The maximum atomic E-state index is 12.6. The second kappa shape index (κ2) is 4.29. The molecule has 0 aliphatic carbocycles. The van der Waals surface area contributed by atoms with Crippen molar-refractivity contribution < 1.29 is 13.2 Å².